The first-order valence-electron chi connectivity index (χ1n) is 6.73. The van der Waals surface area contributed by atoms with Crippen molar-refractivity contribution in [3.8, 4) is 0 Å². The number of carbonyl (C=O) groups excluding carboxylic acids is 1. The van der Waals surface area contributed by atoms with E-state index in [1.54, 1.807) is 0 Å². The molecule has 19 heavy (non-hydrogen) atoms. The summed E-state index contributed by atoms with van der Waals surface area (Å²) >= 11 is 0. The molecular weight excluding hydrogens is 242 g/mol. The summed E-state index contributed by atoms with van der Waals surface area (Å²) in [4.78, 5) is 16.3. The van der Waals surface area contributed by atoms with Crippen molar-refractivity contribution in [2.75, 3.05) is 50.0 Å². The number of nitrogens with zero attached hydrogens (tertiary/aromatic N) is 2. The van der Waals surface area contributed by atoms with Crippen LogP contribution in [0.15, 0.2) is 18.2 Å². The van der Waals surface area contributed by atoms with Crippen LogP contribution in [0.2, 0.25) is 0 Å². The molecule has 2 heterocycles. The van der Waals surface area contributed by atoms with E-state index in [-0.39, 0.29) is 5.91 Å². The van der Waals surface area contributed by atoms with E-state index in [1.165, 1.54) is 5.56 Å². The number of hydrogen-bond donors (Lipinski definition) is 1. The largest absolute Gasteiger partial charge is 0.398 e. The van der Waals surface area contributed by atoms with Gasteiger partial charge in [0.2, 0.25) is 5.91 Å². The zero-order valence-electron chi connectivity index (χ0n) is 11.0. The normalized spacial score (nSPS) is 18.5. The second-order valence-electron chi connectivity index (χ2n) is 5.01. The summed E-state index contributed by atoms with van der Waals surface area (Å²) in [6.07, 6.45) is 0.929. The minimum atomic E-state index is 0.179. The Bertz CT molecular complexity index is 484. The number of fused-ring (bicyclic) bond motifs is 1. The van der Waals surface area contributed by atoms with Crippen LogP contribution in [-0.4, -0.2) is 50.2 Å². The van der Waals surface area contributed by atoms with Crippen LogP contribution in [0.4, 0.5) is 11.4 Å². The van der Waals surface area contributed by atoms with Crippen LogP contribution in [0, 0.1) is 0 Å². The van der Waals surface area contributed by atoms with E-state index < -0.39 is 0 Å². The van der Waals surface area contributed by atoms with E-state index in [0.717, 1.165) is 24.3 Å². The molecule has 1 aromatic carbocycles. The maximum atomic E-state index is 12.2. The summed E-state index contributed by atoms with van der Waals surface area (Å²) in [6, 6.07) is 5.92. The van der Waals surface area contributed by atoms with Crippen molar-refractivity contribution in [2.24, 2.45) is 0 Å². The quantitative estimate of drug-likeness (QED) is 0.787. The molecule has 5 nitrogen and oxygen atoms in total. The van der Waals surface area contributed by atoms with Gasteiger partial charge >= 0.3 is 0 Å². The molecule has 0 aliphatic carbocycles. The third-order valence-electron chi connectivity index (χ3n) is 3.85. The van der Waals surface area contributed by atoms with E-state index in [4.69, 9.17) is 10.5 Å². The Hall–Kier alpha value is -1.75. The van der Waals surface area contributed by atoms with E-state index in [1.807, 2.05) is 23.1 Å². The molecule has 2 aliphatic rings. The number of amides is 1. The topological polar surface area (TPSA) is 58.8 Å². The lowest BCUT2D eigenvalue weighted by atomic mass is 10.1. The summed E-state index contributed by atoms with van der Waals surface area (Å²) in [5, 5.41) is 0. The highest BCUT2D eigenvalue weighted by atomic mass is 16.5. The first kappa shape index (κ1) is 12.3. The molecule has 0 atom stereocenters. The van der Waals surface area contributed by atoms with Gasteiger partial charge in [-0.3, -0.25) is 4.79 Å². The molecule has 0 aromatic heterocycles. The predicted molar refractivity (Wildman–Crippen MR) is 74.2 cm³/mol. The van der Waals surface area contributed by atoms with Crippen LogP contribution >= 0.6 is 0 Å². The number of nitrogens with two attached hydrogens (primary N) is 1. The van der Waals surface area contributed by atoms with Gasteiger partial charge in [0.25, 0.3) is 0 Å². The van der Waals surface area contributed by atoms with E-state index in [9.17, 15) is 4.79 Å². The molecular formula is C14H19N3O2. The van der Waals surface area contributed by atoms with E-state index in [0.29, 0.717) is 32.8 Å². The van der Waals surface area contributed by atoms with Crippen LogP contribution < -0.4 is 10.6 Å². The van der Waals surface area contributed by atoms with Crippen molar-refractivity contribution in [2.45, 2.75) is 6.42 Å². The van der Waals surface area contributed by atoms with Gasteiger partial charge < -0.3 is 20.3 Å². The summed E-state index contributed by atoms with van der Waals surface area (Å²) < 4.78 is 5.27. The van der Waals surface area contributed by atoms with Gasteiger partial charge in [-0.2, -0.15) is 0 Å². The summed E-state index contributed by atoms with van der Waals surface area (Å²) in [5.41, 5.74) is 9.09. The van der Waals surface area contributed by atoms with E-state index in [2.05, 4.69) is 4.90 Å². The van der Waals surface area contributed by atoms with Crippen molar-refractivity contribution in [1.82, 2.24) is 4.90 Å². The fourth-order valence-electron chi connectivity index (χ4n) is 2.77. The Morgan fingerprint density at radius 2 is 2.05 bits per heavy atom. The number of rotatable bonds is 2. The molecule has 5 heteroatoms. The maximum absolute atomic E-state index is 12.2. The number of ether oxygens (including phenoxy) is 1. The Kier molecular flexibility index (Phi) is 3.29. The van der Waals surface area contributed by atoms with Crippen molar-refractivity contribution in [3.63, 3.8) is 0 Å². The number of morpholine rings is 1. The van der Waals surface area contributed by atoms with Gasteiger partial charge in [0.15, 0.2) is 0 Å². The Labute approximate surface area is 112 Å². The zero-order valence-corrected chi connectivity index (χ0v) is 11.0. The Morgan fingerprint density at radius 1 is 1.26 bits per heavy atom. The smallest absolute Gasteiger partial charge is 0.242 e. The Balaban J connectivity index is 1.69. The van der Waals surface area contributed by atoms with Crippen LogP contribution in [0.5, 0.6) is 0 Å². The highest BCUT2D eigenvalue weighted by Gasteiger charge is 2.25. The minimum absolute atomic E-state index is 0.179. The summed E-state index contributed by atoms with van der Waals surface area (Å²) in [5.74, 6) is 0.179. The standard InChI is InChI=1S/C14H19N3O2/c15-12-2-1-3-13-11(12)4-5-17(13)10-14(18)16-6-8-19-9-7-16/h1-3H,4-10,15H2. The Morgan fingerprint density at radius 3 is 2.84 bits per heavy atom. The average Bonchev–Trinajstić information content (AvgIpc) is 2.84. The van der Waals surface area contributed by atoms with Gasteiger partial charge in [-0.05, 0) is 18.6 Å². The third-order valence-corrected chi connectivity index (χ3v) is 3.85. The molecule has 1 aromatic rings. The minimum Gasteiger partial charge on any atom is -0.398 e. The number of anilines is 2. The predicted octanol–water partition coefficient (Wildman–Crippen LogP) is 0.490. The first-order valence-corrected chi connectivity index (χ1v) is 6.73. The van der Waals surface area contributed by atoms with Gasteiger partial charge in [-0.1, -0.05) is 6.07 Å². The third kappa shape index (κ3) is 2.38. The average molecular weight is 261 g/mol. The molecule has 0 unspecified atom stereocenters. The number of hydrogen-bond acceptors (Lipinski definition) is 4. The van der Waals surface area contributed by atoms with Crippen molar-refractivity contribution < 1.29 is 9.53 Å². The van der Waals surface area contributed by atoms with Gasteiger partial charge in [0.1, 0.15) is 0 Å². The van der Waals surface area contributed by atoms with Crippen molar-refractivity contribution in [1.29, 1.82) is 0 Å². The highest BCUT2D eigenvalue weighted by Crippen LogP contribution is 2.31. The molecule has 0 saturated carbocycles. The summed E-state index contributed by atoms with van der Waals surface area (Å²) in [7, 11) is 0. The van der Waals surface area contributed by atoms with Crippen LogP contribution in [0.25, 0.3) is 0 Å². The maximum Gasteiger partial charge on any atom is 0.242 e. The lowest BCUT2D eigenvalue weighted by Gasteiger charge is -2.29. The van der Waals surface area contributed by atoms with Gasteiger partial charge in [-0.15, -0.1) is 0 Å². The second kappa shape index (κ2) is 5.09. The van der Waals surface area contributed by atoms with Crippen molar-refractivity contribution >= 4 is 17.3 Å². The van der Waals surface area contributed by atoms with Crippen molar-refractivity contribution in [3.05, 3.63) is 23.8 Å². The molecule has 2 N–H and O–H groups in total. The number of benzene rings is 1. The molecule has 1 saturated heterocycles. The second-order valence-corrected chi connectivity index (χ2v) is 5.01. The molecule has 0 bridgehead atoms. The molecule has 0 spiro atoms. The molecule has 102 valence electrons. The first-order chi connectivity index (χ1) is 9.25. The SMILES string of the molecule is Nc1cccc2c1CCN2CC(=O)N1CCOCC1. The van der Waals surface area contributed by atoms with Gasteiger partial charge in [0.05, 0.1) is 19.8 Å². The molecule has 2 aliphatic heterocycles. The summed E-state index contributed by atoms with van der Waals surface area (Å²) in [6.45, 7) is 4.02. The fourth-order valence-corrected chi connectivity index (χ4v) is 2.77. The lowest BCUT2D eigenvalue weighted by Crippen LogP contribution is -2.45. The fraction of sp³-hybridized carbons (Fsp3) is 0.500. The van der Waals surface area contributed by atoms with Crippen LogP contribution in [0.1, 0.15) is 5.56 Å². The zero-order chi connectivity index (χ0) is 13.2. The lowest BCUT2D eigenvalue weighted by molar-refractivity contribution is -0.133. The molecule has 1 fully saturated rings. The molecule has 3 rings (SSSR count). The number of nitrogen functional groups attached to an aromatic ring is 1. The number of carbonyl (C=O) groups is 1. The van der Waals surface area contributed by atoms with Crippen LogP contribution in [0.3, 0.4) is 0 Å². The van der Waals surface area contributed by atoms with E-state index >= 15 is 0 Å². The van der Waals surface area contributed by atoms with Gasteiger partial charge in [0, 0.05) is 36.6 Å². The monoisotopic (exact) mass is 261 g/mol. The molecule has 0 radical (unpaired) electrons. The highest BCUT2D eigenvalue weighted by molar-refractivity contribution is 5.83. The van der Waals surface area contributed by atoms with Crippen LogP contribution in [-0.2, 0) is 16.0 Å². The van der Waals surface area contributed by atoms with Gasteiger partial charge in [-0.25, -0.2) is 0 Å². The molecule has 1 amide bonds.